The van der Waals surface area contributed by atoms with Crippen LogP contribution in [0.1, 0.15) is 32.1 Å². The van der Waals surface area contributed by atoms with Gasteiger partial charge in [0.2, 0.25) is 5.95 Å². The monoisotopic (exact) mass is 470 g/mol. The van der Waals surface area contributed by atoms with E-state index in [0.717, 1.165) is 23.7 Å². The average Bonchev–Trinajstić information content (AvgIpc) is 3.52. The fraction of sp³-hybridized carbons (Fsp3) is 0.448. The van der Waals surface area contributed by atoms with Crippen molar-refractivity contribution in [2.45, 2.75) is 56.4 Å². The van der Waals surface area contributed by atoms with E-state index in [1.165, 1.54) is 43.2 Å². The zero-order valence-corrected chi connectivity index (χ0v) is 20.1. The summed E-state index contributed by atoms with van der Waals surface area (Å²) in [6, 6.07) is 21.2. The van der Waals surface area contributed by atoms with Gasteiger partial charge >= 0.3 is 0 Å². The Balaban J connectivity index is 1.08. The Morgan fingerprint density at radius 2 is 1.43 bits per heavy atom. The van der Waals surface area contributed by atoms with Gasteiger partial charge in [0.05, 0.1) is 31.0 Å². The van der Waals surface area contributed by atoms with E-state index in [0.29, 0.717) is 19.2 Å². The third-order valence-electron chi connectivity index (χ3n) is 7.70. The third-order valence-corrected chi connectivity index (χ3v) is 7.70. The topological polar surface area (TPSA) is 68.3 Å². The second-order valence-electron chi connectivity index (χ2n) is 10.1. The summed E-state index contributed by atoms with van der Waals surface area (Å²) in [6.45, 7) is 2.39. The fourth-order valence-corrected chi connectivity index (χ4v) is 5.73. The first-order valence-corrected chi connectivity index (χ1v) is 13.1. The number of nitrogens with zero attached hydrogens (tertiary/aromatic N) is 2. The quantitative estimate of drug-likeness (QED) is 0.511. The lowest BCUT2D eigenvalue weighted by molar-refractivity contribution is 0.0671. The molecular formula is C29H34N4O2. The molecule has 182 valence electrons. The molecular weight excluding hydrogens is 436 g/mol. The van der Waals surface area contributed by atoms with Gasteiger partial charge in [-0.25, -0.2) is 9.97 Å². The molecule has 0 radical (unpaired) electrons. The van der Waals surface area contributed by atoms with E-state index in [9.17, 15) is 0 Å². The van der Waals surface area contributed by atoms with Gasteiger partial charge in [-0.2, -0.15) is 0 Å². The number of aromatic nitrogens is 2. The molecule has 3 heterocycles. The van der Waals surface area contributed by atoms with Crippen LogP contribution in [0.15, 0.2) is 66.9 Å². The molecule has 1 aromatic heterocycles. The van der Waals surface area contributed by atoms with Crippen molar-refractivity contribution in [3.8, 4) is 22.4 Å². The van der Waals surface area contributed by atoms with Crippen LogP contribution in [0, 0.1) is 5.92 Å². The lowest BCUT2D eigenvalue weighted by Gasteiger charge is -2.25. The van der Waals surface area contributed by atoms with Crippen LogP contribution in [0.25, 0.3) is 22.4 Å². The molecule has 6 heteroatoms. The Morgan fingerprint density at radius 3 is 2.23 bits per heavy atom. The summed E-state index contributed by atoms with van der Waals surface area (Å²) >= 11 is 0. The van der Waals surface area contributed by atoms with Crippen LogP contribution in [0.5, 0.6) is 0 Å². The molecule has 2 N–H and O–H groups in total. The molecule has 6 rings (SSSR count). The normalized spacial score (nSPS) is 26.5. The Kier molecular flexibility index (Phi) is 6.76. The van der Waals surface area contributed by atoms with Crippen LogP contribution in [0.2, 0.25) is 0 Å². The van der Waals surface area contributed by atoms with E-state index in [1.807, 2.05) is 18.3 Å². The van der Waals surface area contributed by atoms with Gasteiger partial charge in [-0.15, -0.1) is 0 Å². The minimum absolute atomic E-state index is 0.0243. The Labute approximate surface area is 207 Å². The van der Waals surface area contributed by atoms with Gasteiger partial charge in [0.1, 0.15) is 12.2 Å². The van der Waals surface area contributed by atoms with E-state index < -0.39 is 0 Å². The smallest absolute Gasteiger partial charge is 0.223 e. The minimum Gasteiger partial charge on any atom is -0.371 e. The molecule has 0 spiro atoms. The average molecular weight is 471 g/mol. The number of nitrogens with one attached hydrogen (secondary N) is 2. The molecule has 0 amide bonds. The molecule has 3 aliphatic rings. The first-order chi connectivity index (χ1) is 17.3. The standard InChI is InChI=1S/C29H34N4O2/c1-3-7-20(8-4-1)17-31-25-18-34-28-26(19-35-27(25)28)33-29-30-16-15-24(32-29)23-13-11-22(12-14-23)21-9-5-2-6-10-21/h2,5-6,9-16,20,25-28,31H,1,3-4,7-8,17-19H2,(H,30,32,33)/t25-,26+,27-,28+/m0/s1. The van der Waals surface area contributed by atoms with E-state index in [1.54, 1.807) is 0 Å². The molecule has 1 aliphatic carbocycles. The lowest BCUT2D eigenvalue weighted by Crippen LogP contribution is -2.44. The molecule has 4 atom stereocenters. The molecule has 35 heavy (non-hydrogen) atoms. The first-order valence-electron chi connectivity index (χ1n) is 13.1. The summed E-state index contributed by atoms with van der Waals surface area (Å²) in [5, 5.41) is 7.23. The Morgan fingerprint density at radius 1 is 0.743 bits per heavy atom. The molecule has 3 fully saturated rings. The molecule has 6 nitrogen and oxygen atoms in total. The third kappa shape index (κ3) is 5.10. The summed E-state index contributed by atoms with van der Waals surface area (Å²) < 4.78 is 12.4. The highest BCUT2D eigenvalue weighted by Crippen LogP contribution is 2.30. The highest BCUT2D eigenvalue weighted by molar-refractivity contribution is 5.69. The van der Waals surface area contributed by atoms with Crippen molar-refractivity contribution in [2.75, 3.05) is 25.1 Å². The Bertz CT molecular complexity index is 1100. The molecule has 2 aliphatic heterocycles. The fourth-order valence-electron chi connectivity index (χ4n) is 5.73. The van der Waals surface area contributed by atoms with Crippen LogP contribution < -0.4 is 10.6 Å². The van der Waals surface area contributed by atoms with Crippen LogP contribution in [-0.4, -0.2) is 54.0 Å². The maximum absolute atomic E-state index is 6.18. The highest BCUT2D eigenvalue weighted by Gasteiger charge is 2.47. The van der Waals surface area contributed by atoms with Crippen molar-refractivity contribution in [1.29, 1.82) is 0 Å². The summed E-state index contributed by atoms with van der Waals surface area (Å²) in [6.07, 6.45) is 8.77. The first kappa shape index (κ1) is 22.7. The van der Waals surface area contributed by atoms with Crippen molar-refractivity contribution in [1.82, 2.24) is 15.3 Å². The predicted molar refractivity (Wildman–Crippen MR) is 138 cm³/mol. The van der Waals surface area contributed by atoms with Gasteiger partial charge < -0.3 is 20.1 Å². The van der Waals surface area contributed by atoms with Crippen LogP contribution in [0.3, 0.4) is 0 Å². The van der Waals surface area contributed by atoms with Gasteiger partial charge in [0.15, 0.2) is 0 Å². The van der Waals surface area contributed by atoms with Crippen molar-refractivity contribution >= 4 is 5.95 Å². The van der Waals surface area contributed by atoms with E-state index >= 15 is 0 Å². The summed E-state index contributed by atoms with van der Waals surface area (Å²) in [5.41, 5.74) is 4.38. The Hall–Kier alpha value is -2.80. The predicted octanol–water partition coefficient (Wildman–Crippen LogP) is 4.93. The molecule has 0 bridgehead atoms. The SMILES string of the molecule is c1ccc(-c2ccc(-c3ccnc(N[C@@H]4CO[C@@H]5[C@@H]4OC[C@@H]5NCC4CCCCC4)n3)cc2)cc1. The van der Waals surface area contributed by atoms with Crippen molar-refractivity contribution in [3.63, 3.8) is 0 Å². The molecule has 0 unspecified atom stereocenters. The maximum Gasteiger partial charge on any atom is 0.223 e. The summed E-state index contributed by atoms with van der Waals surface area (Å²) in [5.74, 6) is 1.42. The molecule has 2 saturated heterocycles. The van der Waals surface area contributed by atoms with E-state index in [4.69, 9.17) is 14.5 Å². The second-order valence-corrected chi connectivity index (χ2v) is 10.1. The van der Waals surface area contributed by atoms with Gasteiger partial charge in [-0.1, -0.05) is 73.9 Å². The number of fused-ring (bicyclic) bond motifs is 1. The summed E-state index contributed by atoms with van der Waals surface area (Å²) in [4.78, 5) is 9.27. The number of anilines is 1. The van der Waals surface area contributed by atoms with Crippen LogP contribution in [0.4, 0.5) is 5.95 Å². The second kappa shape index (κ2) is 10.4. The van der Waals surface area contributed by atoms with Gasteiger partial charge in [-0.3, -0.25) is 0 Å². The van der Waals surface area contributed by atoms with Crippen LogP contribution >= 0.6 is 0 Å². The number of hydrogen-bond acceptors (Lipinski definition) is 6. The van der Waals surface area contributed by atoms with Gasteiger partial charge in [0.25, 0.3) is 0 Å². The number of hydrogen-bond donors (Lipinski definition) is 2. The van der Waals surface area contributed by atoms with Crippen molar-refractivity contribution in [3.05, 3.63) is 66.9 Å². The lowest BCUT2D eigenvalue weighted by atomic mass is 9.89. The van der Waals surface area contributed by atoms with Crippen LogP contribution in [-0.2, 0) is 9.47 Å². The van der Waals surface area contributed by atoms with Gasteiger partial charge in [0, 0.05) is 11.8 Å². The molecule has 2 aromatic carbocycles. The zero-order chi connectivity index (χ0) is 23.5. The number of benzene rings is 2. The summed E-state index contributed by atoms with van der Waals surface area (Å²) in [7, 11) is 0. The minimum atomic E-state index is 0.0243. The maximum atomic E-state index is 6.18. The van der Waals surface area contributed by atoms with E-state index in [-0.39, 0.29) is 24.3 Å². The molecule has 1 saturated carbocycles. The van der Waals surface area contributed by atoms with Crippen molar-refractivity contribution in [2.24, 2.45) is 5.92 Å². The van der Waals surface area contributed by atoms with E-state index in [2.05, 4.69) is 64.1 Å². The highest BCUT2D eigenvalue weighted by atomic mass is 16.6. The number of ether oxygens (including phenoxy) is 2. The van der Waals surface area contributed by atoms with Crippen molar-refractivity contribution < 1.29 is 9.47 Å². The zero-order valence-electron chi connectivity index (χ0n) is 20.1. The number of rotatable bonds is 7. The van der Waals surface area contributed by atoms with Gasteiger partial charge in [-0.05, 0) is 42.5 Å². The molecule has 3 aromatic rings. The largest absolute Gasteiger partial charge is 0.371 e.